The predicted octanol–water partition coefficient (Wildman–Crippen LogP) is 5.10. The Morgan fingerprint density at radius 3 is 2.74 bits per heavy atom. The third-order valence-corrected chi connectivity index (χ3v) is 5.73. The van der Waals surface area contributed by atoms with Crippen molar-refractivity contribution in [2.45, 2.75) is 17.9 Å². The van der Waals surface area contributed by atoms with Crippen LogP contribution in [0.2, 0.25) is 0 Å². The molecule has 0 saturated heterocycles. The summed E-state index contributed by atoms with van der Waals surface area (Å²) in [5.41, 5.74) is 1.25. The first-order valence-corrected chi connectivity index (χ1v) is 8.46. The van der Waals surface area contributed by atoms with Crippen molar-refractivity contribution in [2.24, 2.45) is 0 Å². The Morgan fingerprint density at radius 2 is 2.05 bits per heavy atom. The third kappa shape index (κ3) is 2.69. The lowest BCUT2D eigenvalue weighted by Gasteiger charge is -2.29. The number of fused-ring (bicyclic) bond motifs is 1. The normalized spacial score (nSPS) is 19.2. The molecule has 2 nitrogen and oxygen atoms in total. The van der Waals surface area contributed by atoms with E-state index in [4.69, 9.17) is 9.47 Å². The lowest BCUT2D eigenvalue weighted by Crippen LogP contribution is -2.32. The van der Waals surface area contributed by atoms with Gasteiger partial charge in [0.1, 0.15) is 12.7 Å². The summed E-state index contributed by atoms with van der Waals surface area (Å²) in [6, 6.07) is 9.93. The van der Waals surface area contributed by atoms with E-state index in [9.17, 15) is 0 Å². The number of halogens is 2. The molecule has 1 aromatic carbocycles. The van der Waals surface area contributed by atoms with Gasteiger partial charge in [-0.2, -0.15) is 0 Å². The molecule has 0 aliphatic carbocycles. The average Bonchev–Trinajstić information content (AvgIpc) is 2.76. The SMILES string of the molecule is Cc1sc(Br)cc1C(Br)C1COc2ccccc2O1. The first kappa shape index (κ1) is 13.5. The summed E-state index contributed by atoms with van der Waals surface area (Å²) < 4.78 is 12.9. The van der Waals surface area contributed by atoms with Crippen LogP contribution in [0.5, 0.6) is 11.5 Å². The molecule has 2 atom stereocenters. The summed E-state index contributed by atoms with van der Waals surface area (Å²) in [4.78, 5) is 1.42. The molecule has 0 N–H and O–H groups in total. The van der Waals surface area contributed by atoms with Crippen LogP contribution >= 0.6 is 43.2 Å². The number of rotatable bonds is 2. The van der Waals surface area contributed by atoms with Gasteiger partial charge in [-0.3, -0.25) is 0 Å². The Kier molecular flexibility index (Phi) is 3.87. The quantitative estimate of drug-likeness (QED) is 0.649. The molecule has 2 aromatic rings. The number of benzene rings is 1. The van der Waals surface area contributed by atoms with E-state index in [0.29, 0.717) is 6.61 Å². The fourth-order valence-corrected chi connectivity index (χ4v) is 4.76. The van der Waals surface area contributed by atoms with E-state index < -0.39 is 0 Å². The number of aryl methyl sites for hydroxylation is 1. The zero-order valence-corrected chi connectivity index (χ0v) is 14.2. The zero-order valence-electron chi connectivity index (χ0n) is 10.2. The van der Waals surface area contributed by atoms with Gasteiger partial charge in [-0.05, 0) is 46.6 Å². The Bertz CT molecular complexity index is 597. The Balaban J connectivity index is 1.83. The van der Waals surface area contributed by atoms with Crippen molar-refractivity contribution in [3.05, 3.63) is 44.6 Å². The second-order valence-electron chi connectivity index (χ2n) is 4.38. The minimum Gasteiger partial charge on any atom is -0.486 e. The number of hydrogen-bond donors (Lipinski definition) is 0. The minimum absolute atomic E-state index is 0.0184. The van der Waals surface area contributed by atoms with Gasteiger partial charge in [0.2, 0.25) is 0 Å². The van der Waals surface area contributed by atoms with E-state index in [-0.39, 0.29) is 10.9 Å². The van der Waals surface area contributed by atoms with Gasteiger partial charge in [-0.15, -0.1) is 11.3 Å². The van der Waals surface area contributed by atoms with Crippen LogP contribution in [-0.4, -0.2) is 12.7 Å². The van der Waals surface area contributed by atoms with E-state index in [0.717, 1.165) is 15.3 Å². The number of thiophene rings is 1. The van der Waals surface area contributed by atoms with E-state index in [1.165, 1.54) is 10.4 Å². The van der Waals surface area contributed by atoms with Gasteiger partial charge in [0, 0.05) is 4.88 Å². The molecular formula is C14H12Br2O2S. The summed E-state index contributed by atoms with van der Waals surface area (Å²) in [6.07, 6.45) is -0.0184. The van der Waals surface area contributed by atoms with Crippen molar-refractivity contribution >= 4 is 43.2 Å². The van der Waals surface area contributed by atoms with Crippen LogP contribution in [0.1, 0.15) is 15.3 Å². The van der Waals surface area contributed by atoms with E-state index in [1.54, 1.807) is 11.3 Å². The standard InChI is InChI=1S/C14H12Br2O2S/c1-8-9(6-13(15)19-8)14(16)12-7-17-10-4-2-3-5-11(10)18-12/h2-6,12,14H,7H2,1H3. The first-order valence-electron chi connectivity index (χ1n) is 5.93. The molecule has 0 bridgehead atoms. The molecule has 19 heavy (non-hydrogen) atoms. The average molecular weight is 404 g/mol. The molecule has 5 heteroatoms. The molecule has 0 fully saturated rings. The van der Waals surface area contributed by atoms with Gasteiger partial charge in [0.15, 0.2) is 11.5 Å². The van der Waals surface area contributed by atoms with E-state index in [2.05, 4.69) is 44.8 Å². The van der Waals surface area contributed by atoms with Crippen LogP contribution in [0.15, 0.2) is 34.1 Å². The highest BCUT2D eigenvalue weighted by Gasteiger charge is 2.29. The molecule has 1 aliphatic rings. The van der Waals surface area contributed by atoms with Gasteiger partial charge >= 0.3 is 0 Å². The van der Waals surface area contributed by atoms with Crippen LogP contribution < -0.4 is 9.47 Å². The lowest BCUT2D eigenvalue weighted by molar-refractivity contribution is 0.0904. The van der Waals surface area contributed by atoms with Crippen molar-refractivity contribution in [1.82, 2.24) is 0 Å². The molecule has 2 unspecified atom stereocenters. The van der Waals surface area contributed by atoms with Crippen LogP contribution in [0, 0.1) is 6.92 Å². The summed E-state index contributed by atoms with van der Waals surface area (Å²) >= 11 is 9.01. The fourth-order valence-electron chi connectivity index (χ4n) is 2.11. The highest BCUT2D eigenvalue weighted by molar-refractivity contribution is 9.11. The van der Waals surface area contributed by atoms with Crippen LogP contribution in [0.3, 0.4) is 0 Å². The summed E-state index contributed by atoms with van der Waals surface area (Å²) in [6.45, 7) is 2.68. The third-order valence-electron chi connectivity index (χ3n) is 3.08. The van der Waals surface area contributed by atoms with Crippen molar-refractivity contribution in [3.63, 3.8) is 0 Å². The van der Waals surface area contributed by atoms with E-state index in [1.807, 2.05) is 24.3 Å². The van der Waals surface area contributed by atoms with Gasteiger partial charge in [-0.1, -0.05) is 28.1 Å². The molecule has 2 heterocycles. The van der Waals surface area contributed by atoms with E-state index >= 15 is 0 Å². The first-order chi connectivity index (χ1) is 9.15. The monoisotopic (exact) mass is 402 g/mol. The summed E-state index contributed by atoms with van der Waals surface area (Å²) in [5.74, 6) is 1.64. The molecule has 100 valence electrons. The Morgan fingerprint density at radius 1 is 1.32 bits per heavy atom. The Hall–Kier alpha value is -0.520. The number of ether oxygens (including phenoxy) is 2. The number of alkyl halides is 1. The maximum atomic E-state index is 6.03. The van der Waals surface area contributed by atoms with Crippen molar-refractivity contribution < 1.29 is 9.47 Å². The molecule has 0 spiro atoms. The smallest absolute Gasteiger partial charge is 0.161 e. The molecule has 0 radical (unpaired) electrons. The number of hydrogen-bond acceptors (Lipinski definition) is 3. The van der Waals surface area contributed by atoms with Crippen LogP contribution in [0.4, 0.5) is 0 Å². The number of para-hydroxylation sites is 2. The maximum Gasteiger partial charge on any atom is 0.161 e. The zero-order chi connectivity index (χ0) is 13.4. The van der Waals surface area contributed by atoms with Gasteiger partial charge in [-0.25, -0.2) is 0 Å². The topological polar surface area (TPSA) is 18.5 Å². The van der Waals surface area contributed by atoms with Crippen molar-refractivity contribution in [2.75, 3.05) is 6.61 Å². The molecular weight excluding hydrogens is 392 g/mol. The predicted molar refractivity (Wildman–Crippen MR) is 84.8 cm³/mol. The second kappa shape index (κ2) is 5.46. The molecule has 1 aliphatic heterocycles. The summed E-state index contributed by atoms with van der Waals surface area (Å²) in [7, 11) is 0. The molecule has 3 rings (SSSR count). The van der Waals surface area contributed by atoms with Gasteiger partial charge in [0.05, 0.1) is 8.61 Å². The van der Waals surface area contributed by atoms with Crippen molar-refractivity contribution in [1.29, 1.82) is 0 Å². The summed E-state index contributed by atoms with van der Waals surface area (Å²) in [5, 5.41) is 0. The largest absolute Gasteiger partial charge is 0.486 e. The lowest BCUT2D eigenvalue weighted by atomic mass is 10.1. The molecule has 0 amide bonds. The van der Waals surface area contributed by atoms with Crippen LogP contribution in [-0.2, 0) is 0 Å². The maximum absolute atomic E-state index is 6.03. The highest BCUT2D eigenvalue weighted by atomic mass is 79.9. The van der Waals surface area contributed by atoms with Crippen molar-refractivity contribution in [3.8, 4) is 11.5 Å². The highest BCUT2D eigenvalue weighted by Crippen LogP contribution is 2.41. The molecule has 0 saturated carbocycles. The van der Waals surface area contributed by atoms with Gasteiger partial charge in [0.25, 0.3) is 0 Å². The fraction of sp³-hybridized carbons (Fsp3) is 0.286. The Labute approximate surface area is 133 Å². The van der Waals surface area contributed by atoms with Crippen LogP contribution in [0.25, 0.3) is 0 Å². The van der Waals surface area contributed by atoms with Gasteiger partial charge < -0.3 is 9.47 Å². The minimum atomic E-state index is -0.0184. The molecule has 1 aromatic heterocycles. The second-order valence-corrected chi connectivity index (χ2v) is 8.00.